The molecule has 0 saturated carbocycles. The Morgan fingerprint density at radius 2 is 0.852 bits per heavy atom. The van der Waals surface area contributed by atoms with E-state index in [2.05, 4.69) is 33.9 Å². The van der Waals surface area contributed by atoms with E-state index >= 15 is 0 Å². The highest BCUT2D eigenvalue weighted by atomic mass is 16.6. The van der Waals surface area contributed by atoms with Crippen LogP contribution in [-0.2, 0) is 48.8 Å². The Hall–Kier alpha value is -3.96. The predicted molar refractivity (Wildman–Crippen MR) is 88.1 cm³/mol. The lowest BCUT2D eigenvalue weighted by molar-refractivity contribution is -0.141. The van der Waals surface area contributed by atoms with Crippen LogP contribution in [0.5, 0.6) is 0 Å². The third-order valence-corrected chi connectivity index (χ3v) is 2.89. The largest absolute Gasteiger partial charge is 0.440 e. The fourth-order valence-corrected chi connectivity index (χ4v) is 1.58. The van der Waals surface area contributed by atoms with Gasteiger partial charge in [-0.1, -0.05) is 19.7 Å². The molecule has 0 unspecified atom stereocenters. The first-order valence-electron chi connectivity index (χ1n) is 7.08. The van der Waals surface area contributed by atoms with Crippen LogP contribution in [0.25, 0.3) is 0 Å². The van der Waals surface area contributed by atoms with Crippen molar-refractivity contribution < 1.29 is 28.6 Å². The summed E-state index contributed by atoms with van der Waals surface area (Å²) in [4.78, 5) is 70.4. The van der Waals surface area contributed by atoms with Crippen molar-refractivity contribution in [1.82, 2.24) is 13.7 Å². The average molecular weight is 381 g/mol. The molecule has 0 aliphatic rings. The summed E-state index contributed by atoms with van der Waals surface area (Å²) in [7, 11) is 0. The number of carbonyl (C=O) groups is 3. The number of aromatic nitrogens is 3. The maximum atomic E-state index is 12.3. The molecule has 0 fully saturated rings. The number of nitrogens with zero attached hydrogens (tertiary/aromatic N) is 3. The smallest absolute Gasteiger partial charge is 0.341 e. The molecule has 0 aliphatic heterocycles. The number of carbonyl (C=O) groups excluding carboxylic acids is 3. The van der Waals surface area contributed by atoms with Crippen LogP contribution < -0.4 is 17.1 Å². The van der Waals surface area contributed by atoms with Crippen molar-refractivity contribution in [2.75, 3.05) is 0 Å². The topological polar surface area (TPSA) is 145 Å². The fraction of sp³-hybridized carbons (Fsp3) is 0.200. The van der Waals surface area contributed by atoms with E-state index in [1.807, 2.05) is 0 Å². The Morgan fingerprint density at radius 3 is 1.04 bits per heavy atom. The van der Waals surface area contributed by atoms with E-state index < -0.39 is 55.2 Å². The molecular formula is C15H15N3O9. The van der Waals surface area contributed by atoms with E-state index in [1.165, 1.54) is 0 Å². The minimum absolute atomic E-state index is 0.353. The molecule has 1 aromatic rings. The van der Waals surface area contributed by atoms with Crippen LogP contribution in [0.2, 0.25) is 0 Å². The van der Waals surface area contributed by atoms with Gasteiger partial charge in [-0.3, -0.25) is 0 Å². The van der Waals surface area contributed by atoms with Crippen LogP contribution in [0.3, 0.4) is 0 Å². The van der Waals surface area contributed by atoms with Crippen LogP contribution in [-0.4, -0.2) is 31.6 Å². The zero-order valence-corrected chi connectivity index (χ0v) is 14.0. The Bertz CT molecular complexity index is 810. The second kappa shape index (κ2) is 9.50. The lowest BCUT2D eigenvalue weighted by atomic mass is 10.6. The monoisotopic (exact) mass is 381 g/mol. The van der Waals surface area contributed by atoms with E-state index in [4.69, 9.17) is 0 Å². The second-order valence-electron chi connectivity index (χ2n) is 4.52. The van der Waals surface area contributed by atoms with Gasteiger partial charge in [-0.15, -0.1) is 0 Å². The van der Waals surface area contributed by atoms with Crippen molar-refractivity contribution >= 4 is 17.9 Å². The highest BCUT2D eigenvalue weighted by molar-refractivity contribution is 5.81. The fourth-order valence-electron chi connectivity index (χ4n) is 1.58. The van der Waals surface area contributed by atoms with Gasteiger partial charge in [0.1, 0.15) is 0 Å². The Balaban J connectivity index is 3.44. The summed E-state index contributed by atoms with van der Waals surface area (Å²) in [5.74, 6) is -2.83. The maximum absolute atomic E-state index is 12.3. The molecule has 0 spiro atoms. The predicted octanol–water partition coefficient (Wildman–Crippen LogP) is -1.77. The molecule has 0 aliphatic carbocycles. The Labute approximate surface area is 150 Å². The zero-order chi connectivity index (χ0) is 20.6. The van der Waals surface area contributed by atoms with Crippen molar-refractivity contribution in [2.24, 2.45) is 0 Å². The van der Waals surface area contributed by atoms with Crippen LogP contribution in [0.15, 0.2) is 52.3 Å². The molecule has 1 rings (SSSR count). The number of esters is 3. The summed E-state index contributed by atoms with van der Waals surface area (Å²) in [6, 6.07) is 0. The van der Waals surface area contributed by atoms with Gasteiger partial charge < -0.3 is 14.2 Å². The Kier molecular flexibility index (Phi) is 7.42. The third kappa shape index (κ3) is 5.26. The molecule has 0 amide bonds. The third-order valence-electron chi connectivity index (χ3n) is 2.89. The molecule has 27 heavy (non-hydrogen) atoms. The average Bonchev–Trinajstić information content (AvgIpc) is 2.66. The second-order valence-corrected chi connectivity index (χ2v) is 4.52. The molecule has 144 valence electrons. The summed E-state index contributed by atoms with van der Waals surface area (Å²) >= 11 is 0. The number of hydrogen-bond donors (Lipinski definition) is 0. The van der Waals surface area contributed by atoms with Gasteiger partial charge >= 0.3 is 35.0 Å². The summed E-state index contributed by atoms with van der Waals surface area (Å²) < 4.78 is 14.9. The quantitative estimate of drug-likeness (QED) is 0.276. The van der Waals surface area contributed by atoms with Gasteiger partial charge in [0, 0.05) is 18.2 Å². The van der Waals surface area contributed by atoms with Gasteiger partial charge in [0.2, 0.25) is 0 Å². The standard InChI is InChI=1S/C15H15N3O9/c1-4-10(19)25-7-16-13(22)17(8-26-11(20)5-2)15(24)18(14(16)23)9-27-12(21)6-3/h4-6H,1-3,7-9H2. The van der Waals surface area contributed by atoms with E-state index in [0.717, 1.165) is 18.2 Å². The molecule has 0 radical (unpaired) electrons. The van der Waals surface area contributed by atoms with Gasteiger partial charge in [-0.2, -0.15) is 0 Å². The van der Waals surface area contributed by atoms with Crippen LogP contribution in [0.4, 0.5) is 0 Å². The molecule has 12 nitrogen and oxygen atoms in total. The highest BCUT2D eigenvalue weighted by Crippen LogP contribution is 1.87. The van der Waals surface area contributed by atoms with Crippen molar-refractivity contribution in [2.45, 2.75) is 20.2 Å². The maximum Gasteiger partial charge on any atom is 0.341 e. The number of ether oxygens (including phenoxy) is 3. The SMILES string of the molecule is C=CC(=O)OCn1c(=O)n(COC(=O)C=C)c(=O)n(COC(=O)C=C)c1=O. The molecular weight excluding hydrogens is 366 g/mol. The summed E-state index contributed by atoms with van der Waals surface area (Å²) in [5, 5.41) is 0. The molecule has 0 aromatic carbocycles. The van der Waals surface area contributed by atoms with E-state index in [-0.39, 0.29) is 0 Å². The molecule has 0 atom stereocenters. The first-order chi connectivity index (χ1) is 12.8. The summed E-state index contributed by atoms with van der Waals surface area (Å²) in [6.07, 6.45) is 2.37. The first-order valence-corrected chi connectivity index (χ1v) is 7.08. The Morgan fingerprint density at radius 1 is 0.630 bits per heavy atom. The lowest BCUT2D eigenvalue weighted by Crippen LogP contribution is -2.55. The van der Waals surface area contributed by atoms with Crippen molar-refractivity contribution in [3.8, 4) is 0 Å². The highest BCUT2D eigenvalue weighted by Gasteiger charge is 2.18. The van der Waals surface area contributed by atoms with Crippen molar-refractivity contribution in [3.63, 3.8) is 0 Å². The molecule has 0 saturated heterocycles. The van der Waals surface area contributed by atoms with Crippen molar-refractivity contribution in [1.29, 1.82) is 0 Å². The molecule has 12 heteroatoms. The molecule has 1 aromatic heterocycles. The summed E-state index contributed by atoms with van der Waals surface area (Å²) in [6.45, 7) is 6.85. The minimum Gasteiger partial charge on any atom is -0.440 e. The van der Waals surface area contributed by atoms with E-state index in [0.29, 0.717) is 13.7 Å². The minimum atomic E-state index is -1.23. The normalized spacial score (nSPS) is 9.78. The number of hydrogen-bond acceptors (Lipinski definition) is 9. The lowest BCUT2D eigenvalue weighted by Gasteiger charge is -2.13. The first kappa shape index (κ1) is 21.1. The van der Waals surface area contributed by atoms with Gasteiger partial charge in [0.25, 0.3) is 0 Å². The zero-order valence-electron chi connectivity index (χ0n) is 14.0. The molecule has 0 N–H and O–H groups in total. The van der Waals surface area contributed by atoms with E-state index in [1.54, 1.807) is 0 Å². The van der Waals surface area contributed by atoms with Crippen LogP contribution in [0, 0.1) is 0 Å². The summed E-state index contributed by atoms with van der Waals surface area (Å²) in [5.41, 5.74) is -3.69. The van der Waals surface area contributed by atoms with Gasteiger partial charge in [-0.25, -0.2) is 42.5 Å². The van der Waals surface area contributed by atoms with Crippen molar-refractivity contribution in [3.05, 3.63) is 69.4 Å². The van der Waals surface area contributed by atoms with Crippen LogP contribution >= 0.6 is 0 Å². The number of rotatable bonds is 9. The van der Waals surface area contributed by atoms with Gasteiger partial charge in [-0.05, 0) is 0 Å². The van der Waals surface area contributed by atoms with Gasteiger partial charge in [0.15, 0.2) is 20.2 Å². The molecule has 0 bridgehead atoms. The molecule has 1 heterocycles. The van der Waals surface area contributed by atoms with Gasteiger partial charge in [0.05, 0.1) is 0 Å². The van der Waals surface area contributed by atoms with E-state index in [9.17, 15) is 28.8 Å². The van der Waals surface area contributed by atoms with Crippen LogP contribution in [0.1, 0.15) is 0 Å².